The van der Waals surface area contributed by atoms with Gasteiger partial charge in [-0.2, -0.15) is 13.2 Å². The van der Waals surface area contributed by atoms with Crippen LogP contribution in [0.25, 0.3) is 0 Å². The number of hydrogen-bond acceptors (Lipinski definition) is 3. The Labute approximate surface area is 97.3 Å². The van der Waals surface area contributed by atoms with E-state index in [1.54, 1.807) is 0 Å². The molecule has 1 rings (SSSR count). The highest BCUT2D eigenvalue weighted by Crippen LogP contribution is 2.37. The van der Waals surface area contributed by atoms with Crippen LogP contribution in [-0.2, 0) is 0 Å². The van der Waals surface area contributed by atoms with E-state index in [4.69, 9.17) is 15.2 Å². The first-order chi connectivity index (χ1) is 7.93. The molecule has 6 heteroatoms. The van der Waals surface area contributed by atoms with Gasteiger partial charge in [0.2, 0.25) is 0 Å². The van der Waals surface area contributed by atoms with E-state index in [9.17, 15) is 13.2 Å². The smallest absolute Gasteiger partial charge is 0.396 e. The van der Waals surface area contributed by atoms with Crippen molar-refractivity contribution in [3.05, 3.63) is 23.8 Å². The molecule has 0 saturated carbocycles. The van der Waals surface area contributed by atoms with E-state index < -0.39 is 18.6 Å². The lowest BCUT2D eigenvalue weighted by Crippen LogP contribution is -2.28. The molecule has 0 bridgehead atoms. The monoisotopic (exact) mass is 249 g/mol. The van der Waals surface area contributed by atoms with Gasteiger partial charge >= 0.3 is 6.18 Å². The Morgan fingerprint density at radius 1 is 1.18 bits per heavy atom. The second kappa shape index (κ2) is 5.27. The lowest BCUT2D eigenvalue weighted by atomic mass is 9.98. The molecule has 2 N–H and O–H groups in total. The van der Waals surface area contributed by atoms with Crippen LogP contribution in [0.5, 0.6) is 11.5 Å². The average Bonchev–Trinajstić information content (AvgIpc) is 2.27. The topological polar surface area (TPSA) is 44.5 Å². The van der Waals surface area contributed by atoms with Crippen molar-refractivity contribution in [1.29, 1.82) is 0 Å². The molecule has 0 aliphatic rings. The van der Waals surface area contributed by atoms with Crippen LogP contribution in [0.15, 0.2) is 18.2 Å². The first kappa shape index (κ1) is 13.6. The zero-order valence-electron chi connectivity index (χ0n) is 9.54. The molecule has 0 heterocycles. The standard InChI is InChI=1S/C11H14F3NO2/c1-16-9-4-3-7(5-10(9)17-2)8(6-15)11(12,13)14/h3-5,8H,6,15H2,1-2H3. The highest BCUT2D eigenvalue weighted by molar-refractivity contribution is 5.44. The van der Waals surface area contributed by atoms with Crippen molar-refractivity contribution in [3.63, 3.8) is 0 Å². The van der Waals surface area contributed by atoms with Gasteiger partial charge in [0.05, 0.1) is 20.1 Å². The normalized spacial score (nSPS) is 13.3. The van der Waals surface area contributed by atoms with Gasteiger partial charge < -0.3 is 15.2 Å². The van der Waals surface area contributed by atoms with Crippen LogP contribution in [-0.4, -0.2) is 26.9 Å². The zero-order chi connectivity index (χ0) is 13.1. The Morgan fingerprint density at radius 3 is 2.18 bits per heavy atom. The molecule has 1 aromatic rings. The maximum atomic E-state index is 12.7. The molecule has 0 fully saturated rings. The molecular weight excluding hydrogens is 235 g/mol. The van der Waals surface area contributed by atoms with Crippen molar-refractivity contribution in [2.75, 3.05) is 20.8 Å². The predicted octanol–water partition coefficient (Wildman–Crippen LogP) is 2.31. The van der Waals surface area contributed by atoms with Gasteiger partial charge in [-0.1, -0.05) is 6.07 Å². The Bertz CT molecular complexity index is 379. The number of halogens is 3. The van der Waals surface area contributed by atoms with Gasteiger partial charge in [-0.25, -0.2) is 0 Å². The summed E-state index contributed by atoms with van der Waals surface area (Å²) in [6, 6.07) is 4.07. The molecule has 0 amide bonds. The van der Waals surface area contributed by atoms with Gasteiger partial charge in [0.15, 0.2) is 11.5 Å². The van der Waals surface area contributed by atoms with Crippen molar-refractivity contribution in [2.24, 2.45) is 5.73 Å². The van der Waals surface area contributed by atoms with E-state index in [0.29, 0.717) is 5.75 Å². The molecule has 17 heavy (non-hydrogen) atoms. The van der Waals surface area contributed by atoms with E-state index in [2.05, 4.69) is 0 Å². The van der Waals surface area contributed by atoms with E-state index >= 15 is 0 Å². The largest absolute Gasteiger partial charge is 0.493 e. The fraction of sp³-hybridized carbons (Fsp3) is 0.455. The Morgan fingerprint density at radius 2 is 1.76 bits per heavy atom. The zero-order valence-corrected chi connectivity index (χ0v) is 9.54. The van der Waals surface area contributed by atoms with Gasteiger partial charge in [0, 0.05) is 6.54 Å². The number of hydrogen-bond donors (Lipinski definition) is 1. The predicted molar refractivity (Wildman–Crippen MR) is 57.4 cm³/mol. The minimum atomic E-state index is -4.37. The van der Waals surface area contributed by atoms with E-state index in [1.165, 1.54) is 32.4 Å². The van der Waals surface area contributed by atoms with Crippen LogP contribution >= 0.6 is 0 Å². The molecule has 1 atom stereocenters. The molecule has 0 aliphatic heterocycles. The molecule has 0 aromatic heterocycles. The third kappa shape index (κ3) is 3.03. The summed E-state index contributed by atoms with van der Waals surface area (Å²) in [6.45, 7) is -0.501. The quantitative estimate of drug-likeness (QED) is 0.890. The molecule has 0 saturated heterocycles. The summed E-state index contributed by atoms with van der Waals surface area (Å²) in [5.74, 6) is -1.05. The van der Waals surface area contributed by atoms with E-state index in [0.717, 1.165) is 0 Å². The molecule has 1 unspecified atom stereocenters. The third-order valence-electron chi connectivity index (χ3n) is 2.44. The fourth-order valence-corrected chi connectivity index (χ4v) is 1.53. The van der Waals surface area contributed by atoms with Gasteiger partial charge in [-0.15, -0.1) is 0 Å². The van der Waals surface area contributed by atoms with Crippen molar-refractivity contribution < 1.29 is 22.6 Å². The molecular formula is C11H14F3NO2. The Hall–Kier alpha value is -1.43. The van der Waals surface area contributed by atoms with Crippen molar-refractivity contribution in [1.82, 2.24) is 0 Å². The SMILES string of the molecule is COc1ccc(C(CN)C(F)(F)F)cc1OC. The first-order valence-corrected chi connectivity index (χ1v) is 4.92. The second-order valence-corrected chi connectivity index (χ2v) is 3.44. The molecule has 1 aromatic carbocycles. The number of methoxy groups -OCH3 is 2. The van der Waals surface area contributed by atoms with Crippen molar-refractivity contribution >= 4 is 0 Å². The summed E-state index contributed by atoms with van der Waals surface area (Å²) in [6.07, 6.45) is -4.37. The summed E-state index contributed by atoms with van der Waals surface area (Å²) in [4.78, 5) is 0. The number of alkyl halides is 3. The first-order valence-electron chi connectivity index (χ1n) is 4.92. The van der Waals surface area contributed by atoms with E-state index in [1.807, 2.05) is 0 Å². The van der Waals surface area contributed by atoms with Crippen LogP contribution in [0, 0.1) is 0 Å². The highest BCUT2D eigenvalue weighted by Gasteiger charge is 2.39. The van der Waals surface area contributed by atoms with Gasteiger partial charge in [0.25, 0.3) is 0 Å². The van der Waals surface area contributed by atoms with Crippen molar-refractivity contribution in [3.8, 4) is 11.5 Å². The summed E-state index contributed by atoms with van der Waals surface area (Å²) in [5, 5.41) is 0. The lowest BCUT2D eigenvalue weighted by Gasteiger charge is -2.20. The minimum absolute atomic E-state index is 0.0673. The molecule has 96 valence electrons. The molecule has 3 nitrogen and oxygen atoms in total. The van der Waals surface area contributed by atoms with Crippen LogP contribution < -0.4 is 15.2 Å². The molecule has 0 aliphatic carbocycles. The van der Waals surface area contributed by atoms with Crippen molar-refractivity contribution in [2.45, 2.75) is 12.1 Å². The van der Waals surface area contributed by atoms with Gasteiger partial charge in [-0.05, 0) is 17.7 Å². The Kier molecular flexibility index (Phi) is 4.22. The Balaban J connectivity index is 3.14. The molecule has 0 radical (unpaired) electrons. The van der Waals surface area contributed by atoms with Gasteiger partial charge in [-0.3, -0.25) is 0 Å². The number of rotatable bonds is 4. The average molecular weight is 249 g/mol. The third-order valence-corrected chi connectivity index (χ3v) is 2.44. The highest BCUT2D eigenvalue weighted by atomic mass is 19.4. The van der Waals surface area contributed by atoms with Gasteiger partial charge in [0.1, 0.15) is 0 Å². The summed E-state index contributed by atoms with van der Waals surface area (Å²) >= 11 is 0. The number of benzene rings is 1. The lowest BCUT2D eigenvalue weighted by molar-refractivity contribution is -0.148. The molecule has 0 spiro atoms. The number of nitrogens with two attached hydrogens (primary N) is 1. The van der Waals surface area contributed by atoms with Crippen LogP contribution in [0.3, 0.4) is 0 Å². The summed E-state index contributed by atoms with van der Waals surface area (Å²) in [5.41, 5.74) is 5.23. The van der Waals surface area contributed by atoms with Crippen LogP contribution in [0.4, 0.5) is 13.2 Å². The minimum Gasteiger partial charge on any atom is -0.493 e. The fourth-order valence-electron chi connectivity index (χ4n) is 1.53. The number of ether oxygens (including phenoxy) is 2. The maximum Gasteiger partial charge on any atom is 0.396 e. The second-order valence-electron chi connectivity index (χ2n) is 3.44. The summed E-state index contributed by atoms with van der Waals surface area (Å²) in [7, 11) is 2.79. The summed E-state index contributed by atoms with van der Waals surface area (Å²) < 4.78 is 47.9. The van der Waals surface area contributed by atoms with Crippen LogP contribution in [0.1, 0.15) is 11.5 Å². The van der Waals surface area contributed by atoms with E-state index in [-0.39, 0.29) is 11.3 Å². The maximum absolute atomic E-state index is 12.7. The van der Waals surface area contributed by atoms with Crippen LogP contribution in [0.2, 0.25) is 0 Å².